The van der Waals surface area contributed by atoms with Crippen LogP contribution in [-0.4, -0.2) is 19.4 Å². The molecule has 5 heteroatoms. The summed E-state index contributed by atoms with van der Waals surface area (Å²) >= 11 is 0. The van der Waals surface area contributed by atoms with Crippen LogP contribution in [0.1, 0.15) is 0 Å². The summed E-state index contributed by atoms with van der Waals surface area (Å²) in [5.74, 6) is 0.631. The molecule has 36 heavy (non-hydrogen) atoms. The van der Waals surface area contributed by atoms with Crippen molar-refractivity contribution in [1.29, 1.82) is 0 Å². The quantitative estimate of drug-likeness (QED) is 0.247. The normalized spacial score (nSPS) is 11.9. The van der Waals surface area contributed by atoms with Crippen LogP contribution >= 0.6 is 0 Å². The van der Waals surface area contributed by atoms with Gasteiger partial charge in [0, 0.05) is 22.5 Å². The van der Waals surface area contributed by atoms with Crippen molar-refractivity contribution in [1.82, 2.24) is 19.4 Å². The van der Waals surface area contributed by atoms with Crippen LogP contribution in [0.25, 0.3) is 72.2 Å². The van der Waals surface area contributed by atoms with Gasteiger partial charge >= 0.3 is 0 Å². The highest BCUT2D eigenvalue weighted by Crippen LogP contribution is 2.35. The molecule has 5 nitrogen and oxygen atoms in total. The molecule has 0 amide bonds. The highest BCUT2D eigenvalue weighted by molar-refractivity contribution is 6.14. The summed E-state index contributed by atoms with van der Waals surface area (Å²) in [7, 11) is 0. The van der Waals surface area contributed by atoms with Gasteiger partial charge in [0.1, 0.15) is 16.7 Å². The number of imidazole rings is 1. The Bertz CT molecular complexity index is 2070. The Morgan fingerprint density at radius 3 is 2.25 bits per heavy atom. The van der Waals surface area contributed by atoms with Gasteiger partial charge in [-0.1, -0.05) is 54.6 Å². The van der Waals surface area contributed by atoms with Gasteiger partial charge in [0.05, 0.1) is 5.52 Å². The van der Waals surface area contributed by atoms with Gasteiger partial charge in [0.2, 0.25) is 5.89 Å². The standard InChI is InChI=1S/C31H18N4O/c1-3-9-27-23(6-1)22-16-15-21(18-24(22)29-33-26-8-5-17-32-30(26)35(27)29)19-11-13-20(14-12-19)31-34-25-7-2-4-10-28(25)36-31/h1-18H. The van der Waals surface area contributed by atoms with Gasteiger partial charge in [-0.05, 0) is 65.0 Å². The molecule has 0 bridgehead atoms. The lowest BCUT2D eigenvalue weighted by Gasteiger charge is -2.10. The Labute approximate surface area is 205 Å². The van der Waals surface area contributed by atoms with E-state index in [1.807, 2.05) is 42.6 Å². The Morgan fingerprint density at radius 1 is 0.556 bits per heavy atom. The smallest absolute Gasteiger partial charge is 0.227 e. The molecule has 8 aromatic rings. The molecule has 0 unspecified atom stereocenters. The summed E-state index contributed by atoms with van der Waals surface area (Å²) in [6, 6.07) is 35.2. The first-order chi connectivity index (χ1) is 17.8. The van der Waals surface area contributed by atoms with Crippen molar-refractivity contribution in [3.63, 3.8) is 0 Å². The summed E-state index contributed by atoms with van der Waals surface area (Å²) in [4.78, 5) is 14.3. The average molecular weight is 463 g/mol. The van der Waals surface area contributed by atoms with Crippen molar-refractivity contribution in [3.8, 4) is 22.6 Å². The second-order valence-corrected chi connectivity index (χ2v) is 8.96. The van der Waals surface area contributed by atoms with Gasteiger partial charge < -0.3 is 4.42 Å². The van der Waals surface area contributed by atoms with Gasteiger partial charge in [-0.15, -0.1) is 0 Å². The van der Waals surface area contributed by atoms with Crippen LogP contribution in [0, 0.1) is 0 Å². The molecule has 8 rings (SSSR count). The largest absolute Gasteiger partial charge is 0.436 e. The molecule has 0 saturated carbocycles. The van der Waals surface area contributed by atoms with Gasteiger partial charge in [0.15, 0.2) is 11.2 Å². The minimum absolute atomic E-state index is 0.631. The van der Waals surface area contributed by atoms with Crippen LogP contribution in [0.15, 0.2) is 114 Å². The average Bonchev–Trinajstić information content (AvgIpc) is 3.55. The van der Waals surface area contributed by atoms with E-state index in [0.717, 1.165) is 55.5 Å². The topological polar surface area (TPSA) is 56.2 Å². The lowest BCUT2D eigenvalue weighted by atomic mass is 9.99. The zero-order chi connectivity index (χ0) is 23.6. The Kier molecular flexibility index (Phi) is 3.88. The summed E-state index contributed by atoms with van der Waals surface area (Å²) < 4.78 is 8.12. The highest BCUT2D eigenvalue weighted by atomic mass is 16.3. The summed E-state index contributed by atoms with van der Waals surface area (Å²) in [5.41, 5.74) is 8.66. The number of rotatable bonds is 2. The first-order valence-corrected chi connectivity index (χ1v) is 11.9. The van der Waals surface area contributed by atoms with E-state index in [9.17, 15) is 0 Å². The van der Waals surface area contributed by atoms with E-state index in [0.29, 0.717) is 5.89 Å². The van der Waals surface area contributed by atoms with Crippen molar-refractivity contribution >= 4 is 49.6 Å². The van der Waals surface area contributed by atoms with E-state index in [-0.39, 0.29) is 0 Å². The number of pyridine rings is 2. The Balaban J connectivity index is 1.32. The fourth-order valence-electron chi connectivity index (χ4n) is 5.16. The second kappa shape index (κ2) is 7.23. The lowest BCUT2D eigenvalue weighted by molar-refractivity contribution is 0.620. The van der Waals surface area contributed by atoms with Crippen LogP contribution in [0.4, 0.5) is 0 Å². The van der Waals surface area contributed by atoms with Crippen molar-refractivity contribution < 1.29 is 4.42 Å². The van der Waals surface area contributed by atoms with Crippen LogP contribution in [0.5, 0.6) is 0 Å². The second-order valence-electron chi connectivity index (χ2n) is 8.96. The number of para-hydroxylation sites is 3. The van der Waals surface area contributed by atoms with Crippen molar-refractivity contribution in [2.45, 2.75) is 0 Å². The molecule has 0 aliphatic carbocycles. The Morgan fingerprint density at radius 2 is 1.33 bits per heavy atom. The number of oxazole rings is 1. The number of hydrogen-bond acceptors (Lipinski definition) is 4. The zero-order valence-corrected chi connectivity index (χ0v) is 19.1. The molecule has 0 radical (unpaired) electrons. The molecule has 0 spiro atoms. The maximum atomic E-state index is 5.95. The fourth-order valence-corrected chi connectivity index (χ4v) is 5.16. The first-order valence-electron chi connectivity index (χ1n) is 11.9. The number of benzene rings is 4. The van der Waals surface area contributed by atoms with Crippen LogP contribution in [-0.2, 0) is 0 Å². The zero-order valence-electron chi connectivity index (χ0n) is 19.1. The molecular weight excluding hydrogens is 444 g/mol. The monoisotopic (exact) mass is 462 g/mol. The van der Waals surface area contributed by atoms with Crippen molar-refractivity contribution in [2.75, 3.05) is 0 Å². The van der Waals surface area contributed by atoms with E-state index < -0.39 is 0 Å². The molecule has 4 aromatic heterocycles. The predicted molar refractivity (Wildman–Crippen MR) is 144 cm³/mol. The number of aromatic nitrogens is 4. The molecule has 0 N–H and O–H groups in total. The molecule has 0 aliphatic heterocycles. The van der Waals surface area contributed by atoms with E-state index in [1.165, 1.54) is 10.8 Å². The first kappa shape index (κ1) is 19.3. The number of fused-ring (bicyclic) bond motifs is 9. The van der Waals surface area contributed by atoms with Crippen LogP contribution in [0.3, 0.4) is 0 Å². The van der Waals surface area contributed by atoms with Gasteiger partial charge in [0.25, 0.3) is 0 Å². The van der Waals surface area contributed by atoms with Gasteiger partial charge in [-0.2, -0.15) is 0 Å². The van der Waals surface area contributed by atoms with Crippen molar-refractivity contribution in [3.05, 3.63) is 109 Å². The summed E-state index contributed by atoms with van der Waals surface area (Å²) in [6.07, 6.45) is 1.82. The van der Waals surface area contributed by atoms with E-state index >= 15 is 0 Å². The summed E-state index contributed by atoms with van der Waals surface area (Å²) in [6.45, 7) is 0. The van der Waals surface area contributed by atoms with Gasteiger partial charge in [-0.3, -0.25) is 4.40 Å². The molecule has 4 aromatic carbocycles. The Hall–Kier alpha value is -5.03. The molecule has 0 aliphatic rings. The molecule has 4 heterocycles. The third kappa shape index (κ3) is 2.74. The highest BCUT2D eigenvalue weighted by Gasteiger charge is 2.15. The minimum Gasteiger partial charge on any atom is -0.436 e. The molecule has 0 fully saturated rings. The molecule has 0 saturated heterocycles. The number of hydrogen-bond donors (Lipinski definition) is 0. The fraction of sp³-hybridized carbons (Fsp3) is 0. The maximum Gasteiger partial charge on any atom is 0.227 e. The SMILES string of the molecule is c1ccc2oc(-c3ccc(-c4ccc5c6ccccc6n6c7ncccc7nc6c5c4)cc3)nc2c1. The van der Waals surface area contributed by atoms with Crippen molar-refractivity contribution in [2.24, 2.45) is 0 Å². The van der Waals surface area contributed by atoms with Crippen LogP contribution < -0.4 is 0 Å². The molecule has 168 valence electrons. The lowest BCUT2D eigenvalue weighted by Crippen LogP contribution is -1.92. The van der Waals surface area contributed by atoms with E-state index in [4.69, 9.17) is 9.40 Å². The minimum atomic E-state index is 0.631. The third-order valence-corrected chi connectivity index (χ3v) is 6.87. The van der Waals surface area contributed by atoms with E-state index in [2.05, 4.69) is 81.1 Å². The number of nitrogens with zero attached hydrogens (tertiary/aromatic N) is 4. The maximum absolute atomic E-state index is 5.95. The molecule has 0 atom stereocenters. The van der Waals surface area contributed by atoms with Gasteiger partial charge in [-0.25, -0.2) is 15.0 Å². The predicted octanol–water partition coefficient (Wildman–Crippen LogP) is 7.66. The van der Waals surface area contributed by atoms with E-state index in [1.54, 1.807) is 0 Å². The van der Waals surface area contributed by atoms with Crippen LogP contribution in [0.2, 0.25) is 0 Å². The molecular formula is C31H18N4O. The third-order valence-electron chi connectivity index (χ3n) is 6.87. The summed E-state index contributed by atoms with van der Waals surface area (Å²) in [5, 5.41) is 3.47.